The van der Waals surface area contributed by atoms with Crippen molar-refractivity contribution < 1.29 is 42.0 Å². The van der Waals surface area contributed by atoms with Crippen LogP contribution in [0.4, 0.5) is 0 Å². The number of piperidine rings is 1. The molecule has 1 aliphatic heterocycles. The Morgan fingerprint density at radius 3 is 2.24 bits per heavy atom. The van der Waals surface area contributed by atoms with E-state index in [1.807, 2.05) is 12.1 Å². The van der Waals surface area contributed by atoms with Gasteiger partial charge in [0.25, 0.3) is 0 Å². The zero-order valence-electron chi connectivity index (χ0n) is 18.1. The van der Waals surface area contributed by atoms with E-state index in [1.165, 1.54) is 41.5 Å². The van der Waals surface area contributed by atoms with E-state index in [9.17, 15) is 4.79 Å². The van der Waals surface area contributed by atoms with Gasteiger partial charge in [0.2, 0.25) is 0 Å². The third-order valence-corrected chi connectivity index (χ3v) is 6.74. The zero-order chi connectivity index (χ0) is 20.1. The smallest absolute Gasteiger partial charge is 0.194 e. The molecule has 3 rings (SSSR count). The topological polar surface area (TPSA) is 17.1 Å². The van der Waals surface area contributed by atoms with Crippen LogP contribution in [0.25, 0.3) is 0 Å². The fourth-order valence-electron chi connectivity index (χ4n) is 5.06. The number of rotatable bonds is 7. The van der Waals surface area contributed by atoms with Crippen molar-refractivity contribution in [3.63, 3.8) is 0 Å². The van der Waals surface area contributed by atoms with Crippen molar-refractivity contribution >= 4 is 17.4 Å². The van der Waals surface area contributed by atoms with Crippen molar-refractivity contribution in [2.24, 2.45) is 0 Å². The number of quaternary nitrogens is 1. The van der Waals surface area contributed by atoms with E-state index in [0.717, 1.165) is 35.6 Å². The van der Waals surface area contributed by atoms with Crippen LogP contribution in [0, 0.1) is 13.8 Å². The molecule has 0 bridgehead atoms. The molecule has 1 radical (unpaired) electrons. The molecule has 153 valence electrons. The summed E-state index contributed by atoms with van der Waals surface area (Å²) in [6.07, 6.45) is 5.12. The summed E-state index contributed by atoms with van der Waals surface area (Å²) in [6, 6.07) is 14.5. The Labute approximate surface area is 206 Å². The molecule has 4 heteroatoms. The van der Waals surface area contributed by atoms with Gasteiger partial charge < -0.3 is 4.48 Å². The maximum Gasteiger partial charge on any atom is 0.194 e. The fraction of sp³-hybridized carbons (Fsp3) is 0.480. The van der Waals surface area contributed by atoms with Crippen molar-refractivity contribution in [2.75, 3.05) is 13.1 Å². The number of hydrogen-bond acceptors (Lipinski definition) is 1. The molecule has 1 fully saturated rings. The normalized spacial score (nSPS) is 16.7. The van der Waals surface area contributed by atoms with Gasteiger partial charge in [0.15, 0.2) is 5.78 Å². The summed E-state index contributed by atoms with van der Waals surface area (Å²) in [4.78, 5) is 13.6. The average Bonchev–Trinajstić information content (AvgIpc) is 2.66. The van der Waals surface area contributed by atoms with E-state index in [4.69, 9.17) is 11.6 Å². The summed E-state index contributed by atoms with van der Waals surface area (Å²) in [6.45, 7) is 9.49. The molecule has 1 atom stereocenters. The van der Waals surface area contributed by atoms with E-state index in [0.29, 0.717) is 12.2 Å². The molecule has 0 N–H and O–H groups in total. The number of carbonyl (C=O) groups is 1. The summed E-state index contributed by atoms with van der Waals surface area (Å²) in [5.74, 6) is 0.392. The molecule has 0 spiro atoms. The number of aryl methyl sites for hydroxylation is 2. The second kappa shape index (κ2) is 11.2. The predicted octanol–water partition coefficient (Wildman–Crippen LogP) is 6.05. The molecule has 1 aliphatic rings. The number of likely N-dealkylation sites (tertiary alicyclic amines) is 1. The van der Waals surface area contributed by atoms with Crippen LogP contribution in [0.2, 0.25) is 5.02 Å². The number of halogens is 1. The van der Waals surface area contributed by atoms with Gasteiger partial charge >= 0.3 is 0 Å². The van der Waals surface area contributed by atoms with Crippen molar-refractivity contribution in [1.82, 2.24) is 0 Å². The van der Waals surface area contributed by atoms with E-state index in [2.05, 4.69) is 51.1 Å². The zero-order valence-corrected chi connectivity index (χ0v) is 21.7. The van der Waals surface area contributed by atoms with Gasteiger partial charge in [-0.2, -0.15) is 0 Å². The minimum absolute atomic E-state index is 0. The molecule has 2 aromatic carbocycles. The fourth-order valence-corrected chi connectivity index (χ4v) is 5.27. The standard InChI is InChI=1S/C25H33ClNO.Y/c1-4-24(25(28)17-23-19(2)10-8-11-20(23)3)27(14-6-5-7-15-27)18-21-12-9-13-22(26)16-21;/h8-13,16,24H,4-7,14-15,17-18H2,1-3H3;/q+1;. The molecular weight excluding hydrogens is 455 g/mol. The molecule has 0 saturated carbocycles. The van der Waals surface area contributed by atoms with Crippen molar-refractivity contribution in [3.8, 4) is 0 Å². The first kappa shape index (κ1) is 24.7. The molecule has 29 heavy (non-hydrogen) atoms. The third-order valence-electron chi connectivity index (χ3n) is 6.51. The summed E-state index contributed by atoms with van der Waals surface area (Å²) >= 11 is 6.25. The predicted molar refractivity (Wildman–Crippen MR) is 118 cm³/mol. The average molecular weight is 488 g/mol. The molecule has 1 saturated heterocycles. The Balaban J connectivity index is 0.00000300. The van der Waals surface area contributed by atoms with Crippen LogP contribution in [0.15, 0.2) is 42.5 Å². The largest absolute Gasteiger partial charge is 0.311 e. The number of hydrogen-bond donors (Lipinski definition) is 0. The van der Waals surface area contributed by atoms with Gasteiger partial charge in [0.1, 0.15) is 12.6 Å². The third kappa shape index (κ3) is 6.00. The maximum absolute atomic E-state index is 13.6. The van der Waals surface area contributed by atoms with Gasteiger partial charge in [-0.05, 0) is 61.9 Å². The van der Waals surface area contributed by atoms with E-state index in [1.54, 1.807) is 0 Å². The van der Waals surface area contributed by atoms with Crippen LogP contribution in [-0.2, 0) is 50.5 Å². The maximum atomic E-state index is 13.6. The van der Waals surface area contributed by atoms with Crippen LogP contribution in [0.3, 0.4) is 0 Å². The molecule has 0 aliphatic carbocycles. The second-order valence-corrected chi connectivity index (χ2v) is 8.89. The van der Waals surface area contributed by atoms with Crippen molar-refractivity contribution in [2.45, 2.75) is 65.5 Å². The Kier molecular flexibility index (Phi) is 9.54. The number of nitrogens with zero attached hydrogens (tertiary/aromatic N) is 1. The van der Waals surface area contributed by atoms with Crippen LogP contribution in [-0.4, -0.2) is 29.4 Å². The van der Waals surface area contributed by atoms with Gasteiger partial charge in [-0.3, -0.25) is 4.79 Å². The molecule has 2 aromatic rings. The van der Waals surface area contributed by atoms with Gasteiger partial charge in [-0.15, -0.1) is 0 Å². The van der Waals surface area contributed by atoms with Gasteiger partial charge in [0, 0.05) is 56.1 Å². The number of carbonyl (C=O) groups excluding carboxylic acids is 1. The van der Waals surface area contributed by atoms with Crippen molar-refractivity contribution in [3.05, 3.63) is 69.7 Å². The molecule has 2 nitrogen and oxygen atoms in total. The van der Waals surface area contributed by atoms with E-state index in [-0.39, 0.29) is 38.8 Å². The van der Waals surface area contributed by atoms with E-state index >= 15 is 0 Å². The minimum Gasteiger partial charge on any atom is -0.311 e. The quantitative estimate of drug-likeness (QED) is 0.435. The first-order valence-corrected chi connectivity index (χ1v) is 11.0. The second-order valence-electron chi connectivity index (χ2n) is 8.45. The van der Waals surface area contributed by atoms with Gasteiger partial charge in [0.05, 0.1) is 13.1 Å². The summed E-state index contributed by atoms with van der Waals surface area (Å²) in [7, 11) is 0. The Hall–Kier alpha value is -0.536. The summed E-state index contributed by atoms with van der Waals surface area (Å²) in [5.41, 5.74) is 4.91. The first-order valence-electron chi connectivity index (χ1n) is 10.6. The Morgan fingerprint density at radius 1 is 1.03 bits per heavy atom. The summed E-state index contributed by atoms with van der Waals surface area (Å²) in [5, 5.41) is 0.780. The Morgan fingerprint density at radius 2 is 1.66 bits per heavy atom. The molecule has 0 aromatic heterocycles. The minimum atomic E-state index is 0. The molecule has 0 amide bonds. The number of benzene rings is 2. The van der Waals surface area contributed by atoms with E-state index < -0.39 is 0 Å². The first-order chi connectivity index (χ1) is 13.4. The Bertz CT molecular complexity index is 809. The van der Waals surface area contributed by atoms with Crippen molar-refractivity contribution in [1.29, 1.82) is 0 Å². The van der Waals surface area contributed by atoms with Crippen LogP contribution < -0.4 is 0 Å². The van der Waals surface area contributed by atoms with Crippen LogP contribution in [0.1, 0.15) is 54.9 Å². The SMILES string of the molecule is CCC(C(=O)Cc1c(C)cccc1C)[N+]1(Cc2cccc(Cl)c2)CCCCC1.[Y]. The molecule has 1 heterocycles. The van der Waals surface area contributed by atoms with Gasteiger partial charge in [-0.25, -0.2) is 0 Å². The number of ketones is 1. The summed E-state index contributed by atoms with van der Waals surface area (Å²) < 4.78 is 0.889. The molecular formula is C25H33ClNOY+. The number of Topliss-reactive ketones (excluding diaryl/α,β-unsaturated/α-hetero) is 1. The van der Waals surface area contributed by atoms with Gasteiger partial charge in [-0.1, -0.05) is 48.9 Å². The van der Waals surface area contributed by atoms with Crippen LogP contribution in [0.5, 0.6) is 0 Å². The van der Waals surface area contributed by atoms with Crippen LogP contribution >= 0.6 is 11.6 Å². The molecule has 1 unspecified atom stereocenters. The monoisotopic (exact) mass is 487 g/mol.